The Morgan fingerprint density at radius 1 is 1.45 bits per heavy atom. The highest BCUT2D eigenvalue weighted by Gasteiger charge is 2.08. The third-order valence-corrected chi connectivity index (χ3v) is 3.15. The van der Waals surface area contributed by atoms with Gasteiger partial charge in [0.25, 0.3) is 5.91 Å². The van der Waals surface area contributed by atoms with Gasteiger partial charge < -0.3 is 14.6 Å². The molecular weight excluding hydrogens is 278 g/mol. The Kier molecular flexibility index (Phi) is 5.36. The Hall–Kier alpha value is -2.56. The number of hydrogen-bond acceptors (Lipinski definition) is 3. The number of aromatic nitrogens is 2. The number of carbonyl (C=O) groups excluding carboxylic acids is 1. The molecule has 2 aromatic rings. The molecule has 5 nitrogen and oxygen atoms in total. The van der Waals surface area contributed by atoms with Crippen molar-refractivity contribution in [2.75, 3.05) is 6.61 Å². The van der Waals surface area contributed by atoms with Crippen LogP contribution in [0.25, 0.3) is 0 Å². The highest BCUT2D eigenvalue weighted by atomic mass is 16.5. The molecule has 0 saturated carbocycles. The van der Waals surface area contributed by atoms with E-state index in [1.54, 1.807) is 30.7 Å². The SMILES string of the molecule is C=C(C)COc1cccc(C(=O)NCc2cncn2CC)c1. The summed E-state index contributed by atoms with van der Waals surface area (Å²) in [5.74, 6) is 0.527. The van der Waals surface area contributed by atoms with E-state index < -0.39 is 0 Å². The van der Waals surface area contributed by atoms with Crippen LogP contribution in [0.15, 0.2) is 48.9 Å². The van der Waals surface area contributed by atoms with Crippen molar-refractivity contribution in [2.24, 2.45) is 0 Å². The Morgan fingerprint density at radius 3 is 3.00 bits per heavy atom. The second kappa shape index (κ2) is 7.45. The standard InChI is InChI=1S/C17H21N3O2/c1-4-20-12-18-9-15(20)10-19-17(21)14-6-5-7-16(8-14)22-11-13(2)3/h5-9,12H,2,4,10-11H2,1,3H3,(H,19,21). The molecule has 0 aliphatic carbocycles. The number of aryl methyl sites for hydroxylation is 1. The van der Waals surface area contributed by atoms with E-state index in [9.17, 15) is 4.79 Å². The number of ether oxygens (including phenoxy) is 1. The summed E-state index contributed by atoms with van der Waals surface area (Å²) in [4.78, 5) is 16.3. The topological polar surface area (TPSA) is 56.1 Å². The maximum Gasteiger partial charge on any atom is 0.251 e. The van der Waals surface area contributed by atoms with Crippen LogP contribution < -0.4 is 10.1 Å². The molecule has 1 amide bonds. The van der Waals surface area contributed by atoms with E-state index in [0.717, 1.165) is 17.8 Å². The average Bonchev–Trinajstić information content (AvgIpc) is 2.98. The van der Waals surface area contributed by atoms with E-state index in [1.165, 1.54) is 0 Å². The zero-order valence-electron chi connectivity index (χ0n) is 13.0. The maximum atomic E-state index is 12.2. The molecule has 2 rings (SSSR count). The number of benzene rings is 1. The third kappa shape index (κ3) is 4.22. The maximum absolute atomic E-state index is 12.2. The summed E-state index contributed by atoms with van der Waals surface area (Å²) >= 11 is 0. The minimum atomic E-state index is -0.135. The van der Waals surface area contributed by atoms with Gasteiger partial charge in [-0.15, -0.1) is 0 Å². The van der Waals surface area contributed by atoms with Crippen molar-refractivity contribution >= 4 is 5.91 Å². The quantitative estimate of drug-likeness (QED) is 0.800. The molecule has 0 atom stereocenters. The van der Waals surface area contributed by atoms with E-state index in [2.05, 4.69) is 16.9 Å². The smallest absolute Gasteiger partial charge is 0.251 e. The van der Waals surface area contributed by atoms with Crippen molar-refractivity contribution < 1.29 is 9.53 Å². The van der Waals surface area contributed by atoms with Crippen LogP contribution in [-0.2, 0) is 13.1 Å². The monoisotopic (exact) mass is 299 g/mol. The lowest BCUT2D eigenvalue weighted by Gasteiger charge is -2.09. The fourth-order valence-corrected chi connectivity index (χ4v) is 1.99. The number of carbonyl (C=O) groups is 1. The van der Waals surface area contributed by atoms with Gasteiger partial charge in [-0.25, -0.2) is 4.98 Å². The van der Waals surface area contributed by atoms with Gasteiger partial charge in [0.05, 0.1) is 18.6 Å². The number of nitrogens with zero attached hydrogens (tertiary/aromatic N) is 2. The Morgan fingerprint density at radius 2 is 2.27 bits per heavy atom. The number of nitrogens with one attached hydrogen (secondary N) is 1. The first-order valence-electron chi connectivity index (χ1n) is 7.24. The molecule has 0 fully saturated rings. The molecule has 0 aliphatic rings. The zero-order valence-corrected chi connectivity index (χ0v) is 13.0. The van der Waals surface area contributed by atoms with Crippen molar-refractivity contribution in [1.29, 1.82) is 0 Å². The summed E-state index contributed by atoms with van der Waals surface area (Å²) in [6.07, 6.45) is 3.52. The van der Waals surface area contributed by atoms with Crippen molar-refractivity contribution in [1.82, 2.24) is 14.9 Å². The van der Waals surface area contributed by atoms with Crippen LogP contribution in [0.3, 0.4) is 0 Å². The molecular formula is C17H21N3O2. The van der Waals surface area contributed by atoms with E-state index in [4.69, 9.17) is 4.74 Å². The highest BCUT2D eigenvalue weighted by molar-refractivity contribution is 5.94. The van der Waals surface area contributed by atoms with Crippen molar-refractivity contribution in [3.63, 3.8) is 0 Å². The molecule has 0 saturated heterocycles. The van der Waals surface area contributed by atoms with Crippen molar-refractivity contribution in [3.05, 3.63) is 60.2 Å². The number of imidazole rings is 1. The molecule has 0 bridgehead atoms. The summed E-state index contributed by atoms with van der Waals surface area (Å²) in [5, 5.41) is 2.90. The summed E-state index contributed by atoms with van der Waals surface area (Å²) in [5.41, 5.74) is 2.48. The number of amides is 1. The third-order valence-electron chi connectivity index (χ3n) is 3.15. The van der Waals surface area contributed by atoms with Crippen LogP contribution >= 0.6 is 0 Å². The Bertz CT molecular complexity index is 661. The van der Waals surface area contributed by atoms with Gasteiger partial charge in [0, 0.05) is 18.3 Å². The largest absolute Gasteiger partial charge is 0.489 e. The predicted octanol–water partition coefficient (Wildman–Crippen LogP) is 2.79. The van der Waals surface area contributed by atoms with Crippen molar-refractivity contribution in [2.45, 2.75) is 26.9 Å². The molecule has 5 heteroatoms. The normalized spacial score (nSPS) is 10.3. The second-order valence-electron chi connectivity index (χ2n) is 5.13. The van der Waals surface area contributed by atoms with E-state index >= 15 is 0 Å². The molecule has 1 heterocycles. The van der Waals surface area contributed by atoms with Gasteiger partial charge >= 0.3 is 0 Å². The highest BCUT2D eigenvalue weighted by Crippen LogP contribution is 2.14. The van der Waals surface area contributed by atoms with Gasteiger partial charge in [0.1, 0.15) is 12.4 Å². The number of rotatable bonds is 7. The van der Waals surface area contributed by atoms with Crippen LogP contribution in [0.2, 0.25) is 0 Å². The second-order valence-corrected chi connectivity index (χ2v) is 5.13. The first kappa shape index (κ1) is 15.8. The van der Waals surface area contributed by atoms with Crippen LogP contribution in [0.5, 0.6) is 5.75 Å². The molecule has 1 N–H and O–H groups in total. The van der Waals surface area contributed by atoms with Crippen molar-refractivity contribution in [3.8, 4) is 5.75 Å². The average molecular weight is 299 g/mol. The lowest BCUT2D eigenvalue weighted by Crippen LogP contribution is -2.24. The number of hydrogen-bond donors (Lipinski definition) is 1. The zero-order chi connectivity index (χ0) is 15.9. The molecule has 1 aromatic carbocycles. The van der Waals surface area contributed by atoms with Gasteiger partial charge in [-0.3, -0.25) is 4.79 Å². The van der Waals surface area contributed by atoms with Crippen LogP contribution in [0, 0.1) is 0 Å². The summed E-state index contributed by atoms with van der Waals surface area (Å²) < 4.78 is 7.54. The minimum absolute atomic E-state index is 0.135. The van der Waals surface area contributed by atoms with Crippen LogP contribution in [0.1, 0.15) is 29.9 Å². The minimum Gasteiger partial charge on any atom is -0.489 e. The van der Waals surface area contributed by atoms with Gasteiger partial charge in [0.2, 0.25) is 0 Å². The Balaban J connectivity index is 1.97. The van der Waals surface area contributed by atoms with E-state index in [-0.39, 0.29) is 5.91 Å². The fourth-order valence-electron chi connectivity index (χ4n) is 1.99. The summed E-state index contributed by atoms with van der Waals surface area (Å²) in [6.45, 7) is 9.44. The molecule has 0 unspecified atom stereocenters. The van der Waals surface area contributed by atoms with Gasteiger partial charge in [-0.05, 0) is 37.6 Å². The van der Waals surface area contributed by atoms with E-state index in [0.29, 0.717) is 24.5 Å². The molecule has 116 valence electrons. The van der Waals surface area contributed by atoms with Crippen LogP contribution in [-0.4, -0.2) is 22.1 Å². The van der Waals surface area contributed by atoms with Crippen LogP contribution in [0.4, 0.5) is 0 Å². The van der Waals surface area contributed by atoms with E-state index in [1.807, 2.05) is 24.5 Å². The molecule has 0 aliphatic heterocycles. The Labute approximate surface area is 130 Å². The molecule has 0 radical (unpaired) electrons. The van der Waals surface area contributed by atoms with Gasteiger partial charge in [0.15, 0.2) is 0 Å². The molecule has 0 spiro atoms. The summed E-state index contributed by atoms with van der Waals surface area (Å²) in [7, 11) is 0. The lowest BCUT2D eigenvalue weighted by atomic mass is 10.2. The van der Waals surface area contributed by atoms with Gasteiger partial charge in [-0.1, -0.05) is 12.6 Å². The first-order valence-corrected chi connectivity index (χ1v) is 7.24. The predicted molar refractivity (Wildman–Crippen MR) is 85.8 cm³/mol. The lowest BCUT2D eigenvalue weighted by molar-refractivity contribution is 0.0949. The fraction of sp³-hybridized carbons (Fsp3) is 0.294. The summed E-state index contributed by atoms with van der Waals surface area (Å²) in [6, 6.07) is 7.13. The molecule has 1 aromatic heterocycles. The van der Waals surface area contributed by atoms with Gasteiger partial charge in [-0.2, -0.15) is 0 Å². The molecule has 22 heavy (non-hydrogen) atoms. The first-order chi connectivity index (χ1) is 10.6.